The molecule has 3 nitrogen and oxygen atoms in total. The first-order valence-corrected chi connectivity index (χ1v) is 4.90. The molecule has 0 spiro atoms. The van der Waals surface area contributed by atoms with Gasteiger partial charge in [-0.25, -0.2) is 0 Å². The van der Waals surface area contributed by atoms with E-state index in [2.05, 4.69) is 5.10 Å². The summed E-state index contributed by atoms with van der Waals surface area (Å²) in [5.41, 5.74) is 1.10. The summed E-state index contributed by atoms with van der Waals surface area (Å²) >= 11 is 0. The van der Waals surface area contributed by atoms with Gasteiger partial charge in [0.2, 0.25) is 0 Å². The summed E-state index contributed by atoms with van der Waals surface area (Å²) in [4.78, 5) is 11.3. The average Bonchev–Trinajstić information content (AvgIpc) is 2.58. The molecule has 1 rings (SSSR count). The van der Waals surface area contributed by atoms with Crippen LogP contribution in [0.3, 0.4) is 0 Å². The standard InChI is InChI=1S/C11H16N2O/c1-3-4-5-11(14)7-6-10-8-9-12-13(10)2/h4-5,8-9H,3,6-7H2,1-2H3/b5-4+. The Bertz CT molecular complexity index is 326. The Balaban J connectivity index is 2.38. The van der Waals surface area contributed by atoms with Crippen LogP contribution in [0.1, 0.15) is 25.5 Å². The second-order valence-corrected chi connectivity index (χ2v) is 3.22. The third kappa shape index (κ3) is 3.17. The van der Waals surface area contributed by atoms with E-state index in [9.17, 15) is 4.79 Å². The molecule has 0 radical (unpaired) electrons. The zero-order valence-corrected chi connectivity index (χ0v) is 8.73. The number of hydrogen-bond acceptors (Lipinski definition) is 2. The Morgan fingerprint density at radius 2 is 2.43 bits per heavy atom. The third-order valence-electron chi connectivity index (χ3n) is 2.09. The van der Waals surface area contributed by atoms with Crippen LogP contribution in [0.25, 0.3) is 0 Å². The van der Waals surface area contributed by atoms with Gasteiger partial charge in [0.25, 0.3) is 0 Å². The Labute approximate surface area is 84.4 Å². The average molecular weight is 192 g/mol. The van der Waals surface area contributed by atoms with Crippen molar-refractivity contribution in [1.29, 1.82) is 0 Å². The lowest BCUT2D eigenvalue weighted by molar-refractivity contribution is -0.114. The number of rotatable bonds is 5. The molecule has 0 aliphatic heterocycles. The minimum Gasteiger partial charge on any atom is -0.295 e. The van der Waals surface area contributed by atoms with Gasteiger partial charge in [0, 0.05) is 25.4 Å². The molecule has 1 heterocycles. The van der Waals surface area contributed by atoms with Gasteiger partial charge in [0.05, 0.1) is 0 Å². The van der Waals surface area contributed by atoms with Crippen molar-refractivity contribution in [2.24, 2.45) is 7.05 Å². The van der Waals surface area contributed by atoms with E-state index < -0.39 is 0 Å². The lowest BCUT2D eigenvalue weighted by Crippen LogP contribution is -2.01. The number of hydrogen-bond donors (Lipinski definition) is 0. The fraction of sp³-hybridized carbons (Fsp3) is 0.455. The second kappa shape index (κ2) is 5.37. The Hall–Kier alpha value is -1.38. The van der Waals surface area contributed by atoms with Crippen molar-refractivity contribution >= 4 is 5.78 Å². The van der Waals surface area contributed by atoms with Crippen LogP contribution in [0.4, 0.5) is 0 Å². The zero-order chi connectivity index (χ0) is 10.4. The smallest absolute Gasteiger partial charge is 0.155 e. The molecule has 0 fully saturated rings. The number of aryl methyl sites for hydroxylation is 2. The van der Waals surface area contributed by atoms with E-state index >= 15 is 0 Å². The van der Waals surface area contributed by atoms with Gasteiger partial charge in [-0.2, -0.15) is 5.10 Å². The van der Waals surface area contributed by atoms with E-state index in [4.69, 9.17) is 0 Å². The first kappa shape index (κ1) is 10.7. The maximum absolute atomic E-state index is 11.3. The van der Waals surface area contributed by atoms with E-state index in [0.29, 0.717) is 6.42 Å². The Kier molecular flexibility index (Phi) is 4.11. The lowest BCUT2D eigenvalue weighted by atomic mass is 10.1. The molecule has 14 heavy (non-hydrogen) atoms. The van der Waals surface area contributed by atoms with Crippen LogP contribution < -0.4 is 0 Å². The monoisotopic (exact) mass is 192 g/mol. The van der Waals surface area contributed by atoms with E-state index in [1.807, 2.05) is 26.1 Å². The van der Waals surface area contributed by atoms with Gasteiger partial charge in [-0.3, -0.25) is 9.48 Å². The van der Waals surface area contributed by atoms with Crippen LogP contribution in [0.5, 0.6) is 0 Å². The minimum absolute atomic E-state index is 0.188. The number of aromatic nitrogens is 2. The molecular weight excluding hydrogens is 176 g/mol. The predicted octanol–water partition coefficient (Wildman–Crippen LogP) is 1.89. The van der Waals surface area contributed by atoms with Gasteiger partial charge in [-0.15, -0.1) is 0 Å². The fourth-order valence-electron chi connectivity index (χ4n) is 1.23. The summed E-state index contributed by atoms with van der Waals surface area (Å²) in [6.07, 6.45) is 7.56. The van der Waals surface area contributed by atoms with Gasteiger partial charge < -0.3 is 0 Å². The third-order valence-corrected chi connectivity index (χ3v) is 2.09. The van der Waals surface area contributed by atoms with Gasteiger partial charge in [0.1, 0.15) is 0 Å². The fourth-order valence-corrected chi connectivity index (χ4v) is 1.23. The second-order valence-electron chi connectivity index (χ2n) is 3.22. The Morgan fingerprint density at radius 1 is 1.64 bits per heavy atom. The molecule has 0 atom stereocenters. The maximum Gasteiger partial charge on any atom is 0.155 e. The summed E-state index contributed by atoms with van der Waals surface area (Å²) in [6, 6.07) is 1.94. The topological polar surface area (TPSA) is 34.9 Å². The molecular formula is C11H16N2O. The van der Waals surface area contributed by atoms with E-state index in [0.717, 1.165) is 18.5 Å². The normalized spacial score (nSPS) is 11.0. The number of allylic oxidation sites excluding steroid dienone is 2. The molecule has 0 amide bonds. The minimum atomic E-state index is 0.188. The highest BCUT2D eigenvalue weighted by atomic mass is 16.1. The molecule has 0 saturated heterocycles. The number of carbonyl (C=O) groups excluding carboxylic acids is 1. The van der Waals surface area contributed by atoms with Crippen molar-refractivity contribution in [3.63, 3.8) is 0 Å². The van der Waals surface area contributed by atoms with Crippen molar-refractivity contribution < 1.29 is 4.79 Å². The molecule has 1 aromatic heterocycles. The highest BCUT2D eigenvalue weighted by Crippen LogP contribution is 2.01. The molecule has 0 bridgehead atoms. The SMILES string of the molecule is CC/C=C/C(=O)CCc1ccnn1C. The molecule has 0 saturated carbocycles. The predicted molar refractivity (Wildman–Crippen MR) is 56.0 cm³/mol. The number of nitrogens with zero attached hydrogens (tertiary/aromatic N) is 2. The van der Waals surface area contributed by atoms with Gasteiger partial charge in [0.15, 0.2) is 5.78 Å². The largest absolute Gasteiger partial charge is 0.295 e. The van der Waals surface area contributed by atoms with Gasteiger partial charge >= 0.3 is 0 Å². The lowest BCUT2D eigenvalue weighted by Gasteiger charge is -1.98. The molecule has 3 heteroatoms. The van der Waals surface area contributed by atoms with Gasteiger partial charge in [-0.05, 0) is 25.0 Å². The highest BCUT2D eigenvalue weighted by Gasteiger charge is 2.01. The van der Waals surface area contributed by atoms with Crippen molar-refractivity contribution in [2.75, 3.05) is 0 Å². The van der Waals surface area contributed by atoms with Crippen molar-refractivity contribution in [1.82, 2.24) is 9.78 Å². The van der Waals surface area contributed by atoms with E-state index in [1.165, 1.54) is 0 Å². The number of ketones is 1. The van der Waals surface area contributed by atoms with Crippen LogP contribution in [0, 0.1) is 0 Å². The molecule has 0 aromatic carbocycles. The van der Waals surface area contributed by atoms with Crippen molar-refractivity contribution in [3.05, 3.63) is 30.1 Å². The Morgan fingerprint density at radius 3 is 3.00 bits per heavy atom. The number of carbonyl (C=O) groups is 1. The van der Waals surface area contributed by atoms with Crippen LogP contribution in [-0.2, 0) is 18.3 Å². The highest BCUT2D eigenvalue weighted by molar-refractivity contribution is 5.89. The zero-order valence-electron chi connectivity index (χ0n) is 8.73. The quantitative estimate of drug-likeness (QED) is 0.668. The molecule has 0 aliphatic carbocycles. The van der Waals surface area contributed by atoms with Crippen molar-refractivity contribution in [3.8, 4) is 0 Å². The van der Waals surface area contributed by atoms with Crippen LogP contribution in [0.2, 0.25) is 0 Å². The molecule has 0 unspecified atom stereocenters. The van der Waals surface area contributed by atoms with Crippen LogP contribution >= 0.6 is 0 Å². The van der Waals surface area contributed by atoms with E-state index in [-0.39, 0.29) is 5.78 Å². The first-order valence-electron chi connectivity index (χ1n) is 4.90. The molecule has 1 aromatic rings. The summed E-state index contributed by atoms with van der Waals surface area (Å²) in [7, 11) is 1.89. The van der Waals surface area contributed by atoms with Crippen LogP contribution in [0.15, 0.2) is 24.4 Å². The first-order chi connectivity index (χ1) is 6.74. The summed E-state index contributed by atoms with van der Waals surface area (Å²) in [5, 5.41) is 4.04. The molecule has 0 aliphatic rings. The molecule has 76 valence electrons. The van der Waals surface area contributed by atoms with Crippen LogP contribution in [-0.4, -0.2) is 15.6 Å². The molecule has 0 N–H and O–H groups in total. The maximum atomic E-state index is 11.3. The van der Waals surface area contributed by atoms with Gasteiger partial charge in [-0.1, -0.05) is 13.0 Å². The summed E-state index contributed by atoms with van der Waals surface area (Å²) in [5.74, 6) is 0.188. The summed E-state index contributed by atoms with van der Waals surface area (Å²) < 4.78 is 1.80. The van der Waals surface area contributed by atoms with E-state index in [1.54, 1.807) is 17.0 Å². The van der Waals surface area contributed by atoms with Crippen molar-refractivity contribution in [2.45, 2.75) is 26.2 Å². The summed E-state index contributed by atoms with van der Waals surface area (Å²) in [6.45, 7) is 2.02.